The maximum Gasteiger partial charge on any atom is 0.105 e. The molecule has 0 aromatic rings. The quantitative estimate of drug-likeness (QED) is 0.585. The molecule has 1 aliphatic heterocycles. The largest absolute Gasteiger partial charge is 0.500 e. The van der Waals surface area contributed by atoms with E-state index in [1.54, 1.807) is 7.11 Å². The van der Waals surface area contributed by atoms with Crippen molar-refractivity contribution in [2.24, 2.45) is 0 Å². The molecule has 10 heavy (non-hydrogen) atoms. The van der Waals surface area contributed by atoms with Crippen LogP contribution in [0.5, 0.6) is 0 Å². The smallest absolute Gasteiger partial charge is 0.105 e. The normalized spacial score (nSPS) is 25.9. The first kappa shape index (κ1) is 7.61. The molecule has 0 aromatic carbocycles. The fourth-order valence-corrected chi connectivity index (χ4v) is 1.27. The van der Waals surface area contributed by atoms with Crippen LogP contribution in [0.25, 0.3) is 0 Å². The average molecular weight is 141 g/mol. The molecule has 58 valence electrons. The molecule has 1 unspecified atom stereocenters. The van der Waals surface area contributed by atoms with Crippen molar-refractivity contribution in [1.29, 1.82) is 0 Å². The third-order valence-electron chi connectivity index (χ3n) is 1.96. The molecule has 0 bridgehead atoms. The summed E-state index contributed by atoms with van der Waals surface area (Å²) < 4.78 is 5.03. The zero-order valence-corrected chi connectivity index (χ0v) is 6.52. The Morgan fingerprint density at radius 1 is 1.60 bits per heavy atom. The van der Waals surface area contributed by atoms with Crippen molar-refractivity contribution in [2.75, 3.05) is 13.7 Å². The number of ether oxygens (including phenoxy) is 1. The molecule has 1 rings (SSSR count). The minimum atomic E-state index is 0.402. The van der Waals surface area contributed by atoms with Gasteiger partial charge in [0.2, 0.25) is 0 Å². The van der Waals surface area contributed by atoms with E-state index in [-0.39, 0.29) is 0 Å². The summed E-state index contributed by atoms with van der Waals surface area (Å²) in [5, 5.41) is 3.35. The van der Waals surface area contributed by atoms with E-state index >= 15 is 0 Å². The molecule has 0 aromatic heterocycles. The van der Waals surface area contributed by atoms with Crippen molar-refractivity contribution < 1.29 is 4.74 Å². The zero-order chi connectivity index (χ0) is 7.40. The van der Waals surface area contributed by atoms with E-state index in [1.807, 2.05) is 0 Å². The van der Waals surface area contributed by atoms with Crippen molar-refractivity contribution in [1.82, 2.24) is 5.32 Å². The Hall–Kier alpha value is -0.500. The minimum absolute atomic E-state index is 0.402. The lowest BCUT2D eigenvalue weighted by Gasteiger charge is -2.23. The first-order chi connectivity index (χ1) is 4.84. The van der Waals surface area contributed by atoms with Gasteiger partial charge < -0.3 is 10.1 Å². The molecule has 1 atom stereocenters. The molecule has 0 spiro atoms. The lowest BCUT2D eigenvalue weighted by molar-refractivity contribution is 0.236. The number of methoxy groups -OCH3 is 1. The molecule has 1 aliphatic rings. The van der Waals surface area contributed by atoms with Crippen LogP contribution in [-0.2, 0) is 4.74 Å². The minimum Gasteiger partial charge on any atom is -0.500 e. The van der Waals surface area contributed by atoms with Gasteiger partial charge in [-0.15, -0.1) is 0 Å². The number of hydrogen-bond acceptors (Lipinski definition) is 2. The Kier molecular flexibility index (Phi) is 2.75. The Labute approximate surface area is 62.3 Å². The molecule has 1 heterocycles. The molecular weight excluding hydrogens is 126 g/mol. The van der Waals surface area contributed by atoms with Gasteiger partial charge in [-0.3, -0.25) is 0 Å². The highest BCUT2D eigenvalue weighted by Crippen LogP contribution is 2.12. The fraction of sp³-hybridized carbons (Fsp3) is 0.750. The predicted octanol–water partition coefficient (Wildman–Crippen LogP) is 1.29. The summed E-state index contributed by atoms with van der Waals surface area (Å²) >= 11 is 0. The molecule has 2 heteroatoms. The lowest BCUT2D eigenvalue weighted by atomic mass is 10.0. The summed E-state index contributed by atoms with van der Waals surface area (Å²) in [6, 6.07) is 0.402. The maximum atomic E-state index is 5.03. The second kappa shape index (κ2) is 3.62. The van der Waals surface area contributed by atoms with E-state index in [2.05, 4.69) is 11.9 Å². The van der Waals surface area contributed by atoms with Crippen LogP contribution in [0.2, 0.25) is 0 Å². The standard InChI is InChI=1S/C8H15NO/c1-7(10-2)8-5-3-4-6-9-8/h8-9H,1,3-6H2,2H3. The molecular formula is C8H15NO. The number of nitrogens with one attached hydrogen (secondary N) is 1. The van der Waals surface area contributed by atoms with Crippen molar-refractivity contribution in [3.05, 3.63) is 12.3 Å². The molecule has 0 saturated carbocycles. The third kappa shape index (κ3) is 1.74. The van der Waals surface area contributed by atoms with Crippen molar-refractivity contribution in [3.63, 3.8) is 0 Å². The van der Waals surface area contributed by atoms with Crippen LogP contribution in [-0.4, -0.2) is 19.7 Å². The number of rotatable bonds is 2. The first-order valence-corrected chi connectivity index (χ1v) is 3.81. The van der Waals surface area contributed by atoms with E-state index in [9.17, 15) is 0 Å². The van der Waals surface area contributed by atoms with Gasteiger partial charge in [0, 0.05) is 0 Å². The molecule has 0 radical (unpaired) electrons. The highest BCUT2D eigenvalue weighted by molar-refractivity contribution is 4.97. The molecule has 1 saturated heterocycles. The summed E-state index contributed by atoms with van der Waals surface area (Å²) in [6.07, 6.45) is 3.75. The van der Waals surface area contributed by atoms with E-state index in [0.717, 1.165) is 12.3 Å². The van der Waals surface area contributed by atoms with E-state index in [0.29, 0.717) is 6.04 Å². The summed E-state index contributed by atoms with van der Waals surface area (Å²) in [6.45, 7) is 4.92. The van der Waals surface area contributed by atoms with Crippen molar-refractivity contribution >= 4 is 0 Å². The SMILES string of the molecule is C=C(OC)C1CCCCN1. The van der Waals surface area contributed by atoms with Crippen molar-refractivity contribution in [3.8, 4) is 0 Å². The maximum absolute atomic E-state index is 5.03. The van der Waals surface area contributed by atoms with Crippen LogP contribution in [0.4, 0.5) is 0 Å². The average Bonchev–Trinajstić information content (AvgIpc) is 2.05. The summed E-state index contributed by atoms with van der Waals surface area (Å²) in [5.41, 5.74) is 0. The van der Waals surface area contributed by atoms with E-state index < -0.39 is 0 Å². The van der Waals surface area contributed by atoms with Crippen LogP contribution in [0.15, 0.2) is 12.3 Å². The predicted molar refractivity (Wildman–Crippen MR) is 41.8 cm³/mol. The van der Waals surface area contributed by atoms with Gasteiger partial charge in [0.05, 0.1) is 13.2 Å². The Morgan fingerprint density at radius 3 is 2.90 bits per heavy atom. The van der Waals surface area contributed by atoms with Crippen LogP contribution in [0.1, 0.15) is 19.3 Å². The third-order valence-corrected chi connectivity index (χ3v) is 1.96. The fourth-order valence-electron chi connectivity index (χ4n) is 1.27. The van der Waals surface area contributed by atoms with Gasteiger partial charge >= 0.3 is 0 Å². The van der Waals surface area contributed by atoms with Crippen LogP contribution >= 0.6 is 0 Å². The van der Waals surface area contributed by atoms with Gasteiger partial charge in [0.25, 0.3) is 0 Å². The summed E-state index contributed by atoms with van der Waals surface area (Å²) in [5.74, 6) is 0.875. The van der Waals surface area contributed by atoms with E-state index in [1.165, 1.54) is 19.3 Å². The van der Waals surface area contributed by atoms with Gasteiger partial charge in [-0.2, -0.15) is 0 Å². The molecule has 1 fully saturated rings. The number of piperidine rings is 1. The second-order valence-corrected chi connectivity index (χ2v) is 2.67. The Morgan fingerprint density at radius 2 is 2.40 bits per heavy atom. The zero-order valence-electron chi connectivity index (χ0n) is 6.52. The van der Waals surface area contributed by atoms with Gasteiger partial charge in [0.15, 0.2) is 0 Å². The van der Waals surface area contributed by atoms with Gasteiger partial charge in [-0.25, -0.2) is 0 Å². The molecule has 0 aliphatic carbocycles. The molecule has 0 amide bonds. The van der Waals surface area contributed by atoms with E-state index in [4.69, 9.17) is 4.74 Å². The summed E-state index contributed by atoms with van der Waals surface area (Å²) in [7, 11) is 1.68. The van der Waals surface area contributed by atoms with Gasteiger partial charge in [-0.05, 0) is 19.4 Å². The summed E-state index contributed by atoms with van der Waals surface area (Å²) in [4.78, 5) is 0. The van der Waals surface area contributed by atoms with Crippen LogP contribution in [0.3, 0.4) is 0 Å². The molecule has 2 nitrogen and oxygen atoms in total. The van der Waals surface area contributed by atoms with Crippen LogP contribution < -0.4 is 5.32 Å². The van der Waals surface area contributed by atoms with Gasteiger partial charge in [0.1, 0.15) is 5.76 Å². The first-order valence-electron chi connectivity index (χ1n) is 3.81. The Bertz CT molecular complexity index is 116. The van der Waals surface area contributed by atoms with Crippen molar-refractivity contribution in [2.45, 2.75) is 25.3 Å². The highest BCUT2D eigenvalue weighted by Gasteiger charge is 2.15. The Balaban J connectivity index is 2.31. The van der Waals surface area contributed by atoms with Crippen LogP contribution in [0, 0.1) is 0 Å². The highest BCUT2D eigenvalue weighted by atomic mass is 16.5. The lowest BCUT2D eigenvalue weighted by Crippen LogP contribution is -2.35. The van der Waals surface area contributed by atoms with Gasteiger partial charge in [-0.1, -0.05) is 13.0 Å². The number of hydrogen-bond donors (Lipinski definition) is 1. The molecule has 1 N–H and O–H groups in total. The monoisotopic (exact) mass is 141 g/mol. The topological polar surface area (TPSA) is 21.3 Å². The second-order valence-electron chi connectivity index (χ2n) is 2.67.